The quantitative estimate of drug-likeness (QED) is 0.162. The van der Waals surface area contributed by atoms with E-state index in [0.717, 1.165) is 48.4 Å². The van der Waals surface area contributed by atoms with E-state index in [0.29, 0.717) is 25.8 Å². The van der Waals surface area contributed by atoms with Gasteiger partial charge in [-0.25, -0.2) is 24.4 Å². The topological polar surface area (TPSA) is 184 Å². The average molecular weight is 728 g/mol. The van der Waals surface area contributed by atoms with E-state index in [1.807, 2.05) is 44.2 Å². The Balaban J connectivity index is 2.03. The first-order valence-electron chi connectivity index (χ1n) is 18.2. The number of hydrogen-bond acceptors (Lipinski definition) is 10. The van der Waals surface area contributed by atoms with Crippen LogP contribution in [0, 0.1) is 17.8 Å². The largest absolute Gasteiger partial charge is 0.453 e. The number of aromatic nitrogens is 2. The summed E-state index contributed by atoms with van der Waals surface area (Å²) in [5.74, 6) is -2.14. The fourth-order valence-corrected chi connectivity index (χ4v) is 6.26. The number of rotatable bonds is 18. The molecule has 1 fully saturated rings. The van der Waals surface area contributed by atoms with Crippen LogP contribution >= 0.6 is 0 Å². The van der Waals surface area contributed by atoms with Gasteiger partial charge in [0.05, 0.1) is 33.0 Å². The molecule has 0 spiro atoms. The predicted molar refractivity (Wildman–Crippen MR) is 193 cm³/mol. The van der Waals surface area contributed by atoms with E-state index in [4.69, 9.17) is 14.3 Å². The molecule has 3 rings (SSSR count). The number of aromatic amines is 1. The molecule has 4 N–H and O–H groups in total. The normalized spacial score (nSPS) is 15.0. The molecule has 0 radical (unpaired) electrons. The fraction of sp³-hybridized carbons (Fsp3) is 0.622. The lowest BCUT2D eigenvalue weighted by Gasteiger charge is -2.38. The molecule has 2 aromatic rings. The zero-order valence-electron chi connectivity index (χ0n) is 31.4. The number of methoxy groups -OCH3 is 2. The van der Waals surface area contributed by atoms with E-state index in [1.165, 1.54) is 20.5 Å². The van der Waals surface area contributed by atoms with Crippen molar-refractivity contribution in [1.29, 1.82) is 0 Å². The molecule has 0 saturated heterocycles. The van der Waals surface area contributed by atoms with Gasteiger partial charge in [0.25, 0.3) is 11.8 Å². The van der Waals surface area contributed by atoms with Crippen LogP contribution in [0.1, 0.15) is 83.9 Å². The molecular formula is C37H57N7O8. The number of carbonyl (C=O) groups is 5. The number of aryl methyl sites for hydroxylation is 2. The van der Waals surface area contributed by atoms with Crippen LogP contribution in [-0.2, 0) is 41.5 Å². The SMILES string of the molecule is COC(=O)N[C@H](C(=O)NN(CC1CCCCC1)C[C@H](CCc1ccccc1)N(OC(=O)CCc1cnc[nH]1)C(=O)[C@@H](NC(=O)OC)C(C)C)C(C)C. The lowest BCUT2D eigenvalue weighted by Crippen LogP contribution is -2.60. The number of alkyl carbamates (subject to hydrolysis) is 2. The first-order chi connectivity index (χ1) is 24.9. The molecule has 15 heteroatoms. The average Bonchev–Trinajstić information content (AvgIpc) is 3.66. The third-order valence-corrected chi connectivity index (χ3v) is 9.21. The van der Waals surface area contributed by atoms with Crippen LogP contribution in [-0.4, -0.2) is 95.4 Å². The molecule has 0 unspecified atom stereocenters. The van der Waals surface area contributed by atoms with Crippen molar-refractivity contribution in [3.63, 3.8) is 0 Å². The standard InChI is InChI=1S/C37H57N7O8/c1-25(2)32(40-36(48)50-5)34(46)42-43(22-28-15-11-8-12-16-28)23-30(19-17-27-13-9-7-10-14-27)44(35(47)33(26(3)4)41-37(49)51-6)52-31(45)20-18-29-21-38-24-39-29/h7,9-10,13-14,21,24-26,28,30,32-33H,8,11-12,15-20,22-23H2,1-6H3,(H,38,39)(H,40,48)(H,41,49)(H,42,46)/t30-,32-,33-/m0/s1. The minimum absolute atomic E-state index is 0.0497. The second-order valence-electron chi connectivity index (χ2n) is 14.0. The summed E-state index contributed by atoms with van der Waals surface area (Å²) in [7, 11) is 2.44. The third kappa shape index (κ3) is 13.8. The van der Waals surface area contributed by atoms with Gasteiger partial charge >= 0.3 is 18.2 Å². The summed E-state index contributed by atoms with van der Waals surface area (Å²) in [5, 5.41) is 8.09. The van der Waals surface area contributed by atoms with Gasteiger partial charge in [-0.3, -0.25) is 15.0 Å². The molecule has 1 aromatic carbocycles. The van der Waals surface area contributed by atoms with Crippen LogP contribution in [0.25, 0.3) is 0 Å². The maximum absolute atomic E-state index is 14.5. The molecule has 1 aliphatic carbocycles. The number of nitrogens with zero attached hydrogens (tertiary/aromatic N) is 3. The van der Waals surface area contributed by atoms with Crippen molar-refractivity contribution in [2.45, 2.75) is 104 Å². The molecule has 15 nitrogen and oxygen atoms in total. The molecule has 288 valence electrons. The maximum atomic E-state index is 14.5. The number of H-pyrrole nitrogens is 1. The molecule has 0 bridgehead atoms. The molecule has 1 saturated carbocycles. The van der Waals surface area contributed by atoms with Crippen LogP contribution in [0.2, 0.25) is 0 Å². The Kier molecular flexibility index (Phi) is 17.4. The van der Waals surface area contributed by atoms with Gasteiger partial charge in [0.15, 0.2) is 0 Å². The van der Waals surface area contributed by atoms with E-state index >= 15 is 0 Å². The van der Waals surface area contributed by atoms with Gasteiger partial charge in [0.1, 0.15) is 12.1 Å². The molecule has 1 aliphatic rings. The van der Waals surface area contributed by atoms with Crippen molar-refractivity contribution < 1.29 is 38.3 Å². The highest BCUT2D eigenvalue weighted by molar-refractivity contribution is 5.87. The summed E-state index contributed by atoms with van der Waals surface area (Å²) < 4.78 is 9.61. The summed E-state index contributed by atoms with van der Waals surface area (Å²) in [4.78, 5) is 79.3. The number of hydrogen-bond donors (Lipinski definition) is 4. The van der Waals surface area contributed by atoms with Gasteiger partial charge in [-0.1, -0.05) is 77.3 Å². The van der Waals surface area contributed by atoms with Crippen molar-refractivity contribution in [2.75, 3.05) is 27.3 Å². The first-order valence-corrected chi connectivity index (χ1v) is 18.2. The molecule has 0 aliphatic heterocycles. The summed E-state index contributed by atoms with van der Waals surface area (Å²) in [6, 6.07) is 6.94. The van der Waals surface area contributed by atoms with Crippen molar-refractivity contribution in [2.24, 2.45) is 17.8 Å². The van der Waals surface area contributed by atoms with E-state index < -0.39 is 54.0 Å². The van der Waals surface area contributed by atoms with Gasteiger partial charge < -0.3 is 29.9 Å². The maximum Gasteiger partial charge on any atom is 0.407 e. The van der Waals surface area contributed by atoms with Crippen LogP contribution in [0.3, 0.4) is 0 Å². The summed E-state index contributed by atoms with van der Waals surface area (Å²) >= 11 is 0. The minimum atomic E-state index is -1.09. The number of hydroxylamine groups is 2. The Labute approximate surface area is 306 Å². The van der Waals surface area contributed by atoms with Gasteiger partial charge in [0, 0.05) is 25.0 Å². The Morgan fingerprint density at radius 3 is 2.10 bits per heavy atom. The smallest absolute Gasteiger partial charge is 0.407 e. The number of hydrazine groups is 1. The van der Waals surface area contributed by atoms with Gasteiger partial charge in [-0.15, -0.1) is 0 Å². The highest BCUT2D eigenvalue weighted by atomic mass is 16.7. The van der Waals surface area contributed by atoms with Crippen molar-refractivity contribution in [1.82, 2.24) is 36.1 Å². The van der Waals surface area contributed by atoms with Gasteiger partial charge in [-0.05, 0) is 55.4 Å². The molecular weight excluding hydrogens is 670 g/mol. The van der Waals surface area contributed by atoms with Crippen LogP contribution in [0.15, 0.2) is 42.9 Å². The number of nitrogens with one attached hydrogen (secondary N) is 4. The zero-order valence-corrected chi connectivity index (χ0v) is 31.4. The Morgan fingerprint density at radius 2 is 1.52 bits per heavy atom. The number of ether oxygens (including phenoxy) is 2. The number of imidazole rings is 1. The zero-order chi connectivity index (χ0) is 38.0. The van der Waals surface area contributed by atoms with Crippen LogP contribution in [0.5, 0.6) is 0 Å². The molecule has 4 amide bonds. The summed E-state index contributed by atoms with van der Waals surface area (Å²) in [6.45, 7) is 7.73. The van der Waals surface area contributed by atoms with E-state index in [2.05, 4.69) is 26.0 Å². The Bertz CT molecular complexity index is 1400. The monoisotopic (exact) mass is 727 g/mol. The summed E-state index contributed by atoms with van der Waals surface area (Å²) in [5.41, 5.74) is 4.76. The number of benzene rings is 1. The lowest BCUT2D eigenvalue weighted by atomic mass is 9.89. The molecule has 1 aromatic heterocycles. The highest BCUT2D eigenvalue weighted by Crippen LogP contribution is 2.25. The van der Waals surface area contributed by atoms with Crippen LogP contribution < -0.4 is 16.1 Å². The molecule has 1 heterocycles. The first kappa shape index (κ1) is 41.8. The number of amides is 4. The van der Waals surface area contributed by atoms with Crippen LogP contribution in [0.4, 0.5) is 9.59 Å². The second kappa shape index (κ2) is 21.6. The third-order valence-electron chi connectivity index (χ3n) is 9.21. The minimum Gasteiger partial charge on any atom is -0.453 e. The van der Waals surface area contributed by atoms with Gasteiger partial charge in [0.2, 0.25) is 0 Å². The lowest BCUT2D eigenvalue weighted by molar-refractivity contribution is -0.212. The number of carbonyl (C=O) groups excluding carboxylic acids is 5. The van der Waals surface area contributed by atoms with E-state index in [1.54, 1.807) is 25.1 Å². The predicted octanol–water partition coefficient (Wildman–Crippen LogP) is 4.31. The molecule has 3 atom stereocenters. The Morgan fingerprint density at radius 1 is 0.885 bits per heavy atom. The second-order valence-corrected chi connectivity index (χ2v) is 14.0. The van der Waals surface area contributed by atoms with E-state index in [-0.39, 0.29) is 24.8 Å². The van der Waals surface area contributed by atoms with Crippen molar-refractivity contribution in [3.8, 4) is 0 Å². The van der Waals surface area contributed by atoms with Crippen molar-refractivity contribution >= 4 is 30.0 Å². The summed E-state index contributed by atoms with van der Waals surface area (Å²) in [6.07, 6.45) is 7.92. The molecule has 52 heavy (non-hydrogen) atoms. The Hall–Kier alpha value is -4.66. The fourth-order valence-electron chi connectivity index (χ4n) is 6.26. The van der Waals surface area contributed by atoms with E-state index in [9.17, 15) is 24.0 Å². The van der Waals surface area contributed by atoms with Gasteiger partial charge in [-0.2, -0.15) is 5.06 Å². The van der Waals surface area contributed by atoms with Crippen molar-refractivity contribution in [3.05, 3.63) is 54.1 Å². The highest BCUT2D eigenvalue weighted by Gasteiger charge is 2.38.